The van der Waals surface area contributed by atoms with Gasteiger partial charge in [0.25, 0.3) is 0 Å². The third kappa shape index (κ3) is 7.68. The molecule has 9 nitrogen and oxygen atoms in total. The molecule has 4 aromatic rings. The van der Waals surface area contributed by atoms with Gasteiger partial charge in [-0.1, -0.05) is 17.7 Å². The normalized spacial score (nSPS) is 13.2. The third-order valence-corrected chi connectivity index (χ3v) is 6.48. The van der Waals surface area contributed by atoms with Crippen LogP contribution in [0.5, 0.6) is 5.88 Å². The van der Waals surface area contributed by atoms with E-state index in [2.05, 4.69) is 40.5 Å². The molecule has 210 valence electrons. The van der Waals surface area contributed by atoms with Crippen molar-refractivity contribution in [1.29, 1.82) is 0 Å². The first-order valence-electron chi connectivity index (χ1n) is 12.4. The molecule has 0 saturated heterocycles. The molecule has 0 aliphatic carbocycles. The van der Waals surface area contributed by atoms with Crippen LogP contribution in [-0.4, -0.2) is 37.0 Å². The van der Waals surface area contributed by atoms with Crippen molar-refractivity contribution in [2.45, 2.75) is 51.6 Å². The molecule has 4 rings (SSSR count). The lowest BCUT2D eigenvalue weighted by Gasteiger charge is -2.19. The minimum atomic E-state index is -4.56. The molecule has 0 spiro atoms. The first-order chi connectivity index (χ1) is 19.1. The van der Waals surface area contributed by atoms with E-state index in [9.17, 15) is 13.2 Å². The maximum Gasteiger partial charge on any atom is 0.433 e. The Morgan fingerprint density at radius 3 is 2.30 bits per heavy atom. The molecule has 0 amide bonds. The van der Waals surface area contributed by atoms with E-state index in [-0.39, 0.29) is 24.5 Å². The van der Waals surface area contributed by atoms with E-state index >= 15 is 0 Å². The summed E-state index contributed by atoms with van der Waals surface area (Å²) < 4.78 is 44.3. The van der Waals surface area contributed by atoms with E-state index in [0.717, 1.165) is 23.0 Å². The van der Waals surface area contributed by atoms with Crippen molar-refractivity contribution in [2.24, 2.45) is 0 Å². The number of nitrogens with zero attached hydrogens (tertiary/aromatic N) is 6. The number of nitrogens with one attached hydrogen (secondary N) is 2. The summed E-state index contributed by atoms with van der Waals surface area (Å²) in [6.45, 7) is 4.53. The second-order valence-corrected chi connectivity index (χ2v) is 9.44. The van der Waals surface area contributed by atoms with E-state index in [0.29, 0.717) is 35.2 Å². The summed E-state index contributed by atoms with van der Waals surface area (Å²) >= 11 is 6.05. The monoisotopic (exact) mass is 572 g/mol. The number of alkyl halides is 3. The van der Waals surface area contributed by atoms with E-state index in [4.69, 9.17) is 16.3 Å². The maximum absolute atomic E-state index is 13.1. The quantitative estimate of drug-likeness (QED) is 0.257. The second-order valence-electron chi connectivity index (χ2n) is 9.03. The lowest BCUT2D eigenvalue weighted by molar-refractivity contribution is -0.141. The van der Waals surface area contributed by atoms with Gasteiger partial charge < -0.3 is 15.4 Å². The molecule has 13 heteroatoms. The summed E-state index contributed by atoms with van der Waals surface area (Å²) in [5.41, 5.74) is 1.91. The summed E-state index contributed by atoms with van der Waals surface area (Å²) in [6, 6.07) is 7.17. The molecule has 2 atom stereocenters. The smallest absolute Gasteiger partial charge is 0.433 e. The molecule has 0 aliphatic rings. The fraction of sp³-hybridized carbons (Fsp3) is 0.333. The molecule has 0 saturated carbocycles. The zero-order valence-electron chi connectivity index (χ0n) is 22.1. The van der Waals surface area contributed by atoms with Gasteiger partial charge in [-0.2, -0.15) is 13.2 Å². The van der Waals surface area contributed by atoms with Gasteiger partial charge in [0.1, 0.15) is 17.3 Å². The highest BCUT2D eigenvalue weighted by Crippen LogP contribution is 2.30. The minimum Gasteiger partial charge on any atom is -0.481 e. The number of aryl methyl sites for hydroxylation is 1. The Kier molecular flexibility index (Phi) is 9.56. The highest BCUT2D eigenvalue weighted by molar-refractivity contribution is 6.31. The summed E-state index contributed by atoms with van der Waals surface area (Å²) in [4.78, 5) is 25.8. The summed E-state index contributed by atoms with van der Waals surface area (Å²) in [5, 5.41) is 7.29. The lowest BCUT2D eigenvalue weighted by Crippen LogP contribution is -2.26. The molecule has 0 radical (unpaired) electrons. The third-order valence-electron chi connectivity index (χ3n) is 6.08. The molecule has 0 aliphatic heterocycles. The number of hydrogen-bond acceptors (Lipinski definition) is 9. The topological polar surface area (TPSA) is 111 Å². The van der Waals surface area contributed by atoms with E-state index in [1.165, 1.54) is 13.2 Å². The Morgan fingerprint density at radius 1 is 0.925 bits per heavy atom. The molecule has 4 aromatic heterocycles. The summed E-state index contributed by atoms with van der Waals surface area (Å²) in [7, 11) is 1.28. The molecule has 40 heavy (non-hydrogen) atoms. The van der Waals surface area contributed by atoms with Crippen LogP contribution in [0.2, 0.25) is 5.02 Å². The number of aromatic nitrogens is 6. The van der Waals surface area contributed by atoms with E-state index in [1.807, 2.05) is 26.0 Å². The van der Waals surface area contributed by atoms with Crippen molar-refractivity contribution >= 4 is 11.6 Å². The molecule has 2 N–H and O–H groups in total. The highest BCUT2D eigenvalue weighted by atomic mass is 35.5. The van der Waals surface area contributed by atoms with Gasteiger partial charge in [0.2, 0.25) is 5.88 Å². The van der Waals surface area contributed by atoms with Crippen molar-refractivity contribution in [3.05, 3.63) is 100.0 Å². The Labute approximate surface area is 234 Å². The predicted molar refractivity (Wildman–Crippen MR) is 142 cm³/mol. The highest BCUT2D eigenvalue weighted by Gasteiger charge is 2.33. The van der Waals surface area contributed by atoms with Crippen LogP contribution < -0.4 is 15.4 Å². The molecule has 2 unspecified atom stereocenters. The molecule has 0 fully saturated rings. The molecule has 0 bridgehead atoms. The Balaban J connectivity index is 1.43. The van der Waals surface area contributed by atoms with Gasteiger partial charge >= 0.3 is 6.18 Å². The maximum atomic E-state index is 13.1. The van der Waals surface area contributed by atoms with Crippen molar-refractivity contribution in [3.63, 3.8) is 0 Å². The van der Waals surface area contributed by atoms with Crippen LogP contribution in [0.4, 0.5) is 13.2 Å². The van der Waals surface area contributed by atoms with E-state index in [1.54, 1.807) is 30.9 Å². The van der Waals surface area contributed by atoms with Gasteiger partial charge in [-0.05, 0) is 50.1 Å². The van der Waals surface area contributed by atoms with Crippen LogP contribution >= 0.6 is 11.6 Å². The molecule has 4 heterocycles. The standard InChI is InChI=1S/C27H28ClF3N8O/c1-16-21(28)7-6-20(38-16)15-34-17(2)24-36-12-18(13-37-24)11-22(25-32-9-4-10-33-25)35-14-19-5-8-23(27(29,30)31)39-26(19)40-3/h4-10,12-13,17,22,34-35H,11,14-15H2,1-3H3. The largest absolute Gasteiger partial charge is 0.481 e. The number of rotatable bonds is 11. The van der Waals surface area contributed by atoms with Crippen LogP contribution in [0.1, 0.15) is 58.9 Å². The summed E-state index contributed by atoms with van der Waals surface area (Å²) in [6.07, 6.45) is 2.61. The fourth-order valence-corrected chi connectivity index (χ4v) is 4.00. The second kappa shape index (κ2) is 13.1. The van der Waals surface area contributed by atoms with Crippen LogP contribution in [0.25, 0.3) is 0 Å². The average molecular weight is 573 g/mol. The minimum absolute atomic E-state index is 0.104. The van der Waals surface area contributed by atoms with Crippen molar-refractivity contribution < 1.29 is 17.9 Å². The van der Waals surface area contributed by atoms with Gasteiger partial charge in [0.15, 0.2) is 0 Å². The van der Waals surface area contributed by atoms with Crippen molar-refractivity contribution in [1.82, 2.24) is 40.5 Å². The van der Waals surface area contributed by atoms with Crippen LogP contribution in [0, 0.1) is 6.92 Å². The number of pyridine rings is 2. The summed E-state index contributed by atoms with van der Waals surface area (Å²) in [5.74, 6) is 1.04. The van der Waals surface area contributed by atoms with Gasteiger partial charge in [-0.3, -0.25) is 4.98 Å². The average Bonchev–Trinajstić information content (AvgIpc) is 2.96. The molecule has 0 aromatic carbocycles. The zero-order valence-corrected chi connectivity index (χ0v) is 22.8. The van der Waals surface area contributed by atoms with Crippen molar-refractivity contribution in [3.8, 4) is 5.88 Å². The number of ether oxygens (including phenoxy) is 1. The van der Waals surface area contributed by atoms with Gasteiger partial charge in [-0.15, -0.1) is 0 Å². The first kappa shape index (κ1) is 29.2. The Morgan fingerprint density at radius 2 is 1.65 bits per heavy atom. The first-order valence-corrected chi connectivity index (χ1v) is 12.8. The number of methoxy groups -OCH3 is 1. The van der Waals surface area contributed by atoms with Crippen LogP contribution in [-0.2, 0) is 25.7 Å². The van der Waals surface area contributed by atoms with Crippen LogP contribution in [0.15, 0.2) is 55.1 Å². The molecular formula is C27H28ClF3N8O. The Hall–Kier alpha value is -3.74. The predicted octanol–water partition coefficient (Wildman–Crippen LogP) is 4.97. The SMILES string of the molecule is COc1nc(C(F)(F)F)ccc1CNC(Cc1cnc(C(C)NCc2ccc(Cl)c(C)n2)nc1)c1ncccn1. The zero-order chi connectivity index (χ0) is 28.7. The fourth-order valence-electron chi connectivity index (χ4n) is 3.89. The Bertz CT molecular complexity index is 1410. The lowest BCUT2D eigenvalue weighted by atomic mass is 10.1. The van der Waals surface area contributed by atoms with E-state index < -0.39 is 11.9 Å². The van der Waals surface area contributed by atoms with Gasteiger partial charge in [-0.25, -0.2) is 24.9 Å². The number of halogens is 4. The van der Waals surface area contributed by atoms with Crippen molar-refractivity contribution in [2.75, 3.05) is 7.11 Å². The van der Waals surface area contributed by atoms with Gasteiger partial charge in [0, 0.05) is 43.4 Å². The van der Waals surface area contributed by atoms with Crippen LogP contribution in [0.3, 0.4) is 0 Å². The van der Waals surface area contributed by atoms with Gasteiger partial charge in [0.05, 0.1) is 35.6 Å². The number of hydrogen-bond donors (Lipinski definition) is 2. The molecular weight excluding hydrogens is 545 g/mol.